The molecule has 0 radical (unpaired) electrons. The van der Waals surface area contributed by atoms with Crippen LogP contribution in [0.2, 0.25) is 0 Å². The van der Waals surface area contributed by atoms with Crippen LogP contribution >= 0.6 is 0 Å². The number of anilines is 2. The maximum atomic E-state index is 14.0. The minimum atomic E-state index is -2.52. The number of rotatable bonds is 9. The van der Waals surface area contributed by atoms with Gasteiger partial charge in [0, 0.05) is 42.4 Å². The van der Waals surface area contributed by atoms with Crippen LogP contribution in [0.4, 0.5) is 20.2 Å². The Kier molecular flexibility index (Phi) is 7.55. The molecular weight excluding hydrogens is 574 g/mol. The first-order valence-electron chi connectivity index (χ1n) is 14.7. The van der Waals surface area contributed by atoms with Gasteiger partial charge in [-0.1, -0.05) is 32.9 Å². The second kappa shape index (κ2) is 11.4. The third-order valence-corrected chi connectivity index (χ3v) is 8.28. The number of pyridine rings is 1. The molecule has 230 valence electrons. The number of nitrogens with zero attached hydrogens (tertiary/aromatic N) is 6. The number of nitriles is 2. The third-order valence-electron chi connectivity index (χ3n) is 8.28. The van der Waals surface area contributed by atoms with E-state index in [1.807, 2.05) is 43.5 Å². The van der Waals surface area contributed by atoms with Crippen LogP contribution in [0, 0.1) is 35.0 Å². The van der Waals surface area contributed by atoms with E-state index in [1.54, 1.807) is 23.1 Å². The van der Waals surface area contributed by atoms with Gasteiger partial charge in [-0.15, -0.1) is 5.53 Å². The summed E-state index contributed by atoms with van der Waals surface area (Å²) >= 11 is 0. The number of benzene rings is 2. The Morgan fingerprint density at radius 1 is 1.11 bits per heavy atom. The lowest BCUT2D eigenvalue weighted by Gasteiger charge is -2.25. The highest BCUT2D eigenvalue weighted by atomic mass is 19.3. The Labute approximate surface area is 260 Å². The fourth-order valence-corrected chi connectivity index (χ4v) is 5.61. The van der Waals surface area contributed by atoms with Gasteiger partial charge < -0.3 is 16.1 Å². The molecule has 3 heterocycles. The van der Waals surface area contributed by atoms with Crippen molar-refractivity contribution in [1.29, 1.82) is 10.5 Å². The highest BCUT2D eigenvalue weighted by Gasteiger charge is 2.56. The molecule has 2 aromatic heterocycles. The number of hydrogen-bond acceptors (Lipinski definition) is 9. The minimum Gasteiger partial charge on any atom is -0.383 e. The lowest BCUT2D eigenvalue weighted by Crippen LogP contribution is -2.48. The van der Waals surface area contributed by atoms with Gasteiger partial charge >= 0.3 is 0 Å². The predicted octanol–water partition coefficient (Wildman–Crippen LogP) is 6.05. The van der Waals surface area contributed by atoms with E-state index >= 15 is 0 Å². The van der Waals surface area contributed by atoms with Crippen molar-refractivity contribution < 1.29 is 8.78 Å². The van der Waals surface area contributed by atoms with E-state index in [2.05, 4.69) is 64.6 Å². The Balaban J connectivity index is 1.48. The normalized spacial score (nSPS) is 16.1. The van der Waals surface area contributed by atoms with Crippen molar-refractivity contribution in [1.82, 2.24) is 30.7 Å². The SMILES string of the molecule is Cc1c([C@H](Nc2cc(C#N)c3ncc(C#N)c(NCC(C)(C)C)c3c2)C2=CN(C3(C(F)F)CC3)NN2)cccc1-n1cccn1. The van der Waals surface area contributed by atoms with E-state index < -0.39 is 18.0 Å². The Hall–Kier alpha value is -5.20. The first-order chi connectivity index (χ1) is 21.5. The number of hydrogen-bond donors (Lipinski definition) is 4. The van der Waals surface area contributed by atoms with Gasteiger partial charge in [-0.25, -0.2) is 13.5 Å². The van der Waals surface area contributed by atoms with E-state index in [4.69, 9.17) is 0 Å². The summed E-state index contributed by atoms with van der Waals surface area (Å²) in [5, 5.41) is 33.5. The molecule has 1 fully saturated rings. The maximum absolute atomic E-state index is 14.0. The summed E-state index contributed by atoms with van der Waals surface area (Å²) < 4.78 is 29.9. The molecule has 1 saturated carbocycles. The lowest BCUT2D eigenvalue weighted by molar-refractivity contribution is 0.00911. The zero-order valence-electron chi connectivity index (χ0n) is 25.5. The molecule has 4 N–H and O–H groups in total. The molecule has 0 unspecified atom stereocenters. The molecule has 2 aromatic carbocycles. The summed E-state index contributed by atoms with van der Waals surface area (Å²) in [5.74, 6) is 0. The predicted molar refractivity (Wildman–Crippen MR) is 168 cm³/mol. The van der Waals surface area contributed by atoms with Crippen molar-refractivity contribution in [3.05, 3.63) is 89.1 Å². The van der Waals surface area contributed by atoms with Gasteiger partial charge in [-0.05, 0) is 60.6 Å². The van der Waals surface area contributed by atoms with Crippen LogP contribution in [0.1, 0.15) is 61.9 Å². The van der Waals surface area contributed by atoms with Crippen molar-refractivity contribution in [2.45, 2.75) is 58.5 Å². The molecule has 0 spiro atoms. The van der Waals surface area contributed by atoms with Gasteiger partial charge in [-0.2, -0.15) is 15.6 Å². The van der Waals surface area contributed by atoms with Crippen molar-refractivity contribution >= 4 is 22.3 Å². The number of nitrogens with one attached hydrogen (secondary N) is 4. The maximum Gasteiger partial charge on any atom is 0.262 e. The smallest absolute Gasteiger partial charge is 0.262 e. The second-order valence-corrected chi connectivity index (χ2v) is 12.7. The Morgan fingerprint density at radius 3 is 2.53 bits per heavy atom. The largest absolute Gasteiger partial charge is 0.383 e. The third kappa shape index (κ3) is 5.61. The fraction of sp³-hybridized carbons (Fsp3) is 0.333. The van der Waals surface area contributed by atoms with Crippen LogP contribution in [-0.4, -0.2) is 38.3 Å². The molecule has 45 heavy (non-hydrogen) atoms. The molecule has 1 aliphatic heterocycles. The van der Waals surface area contributed by atoms with Crippen LogP contribution < -0.4 is 21.6 Å². The van der Waals surface area contributed by atoms with Gasteiger partial charge in [0.2, 0.25) is 0 Å². The first-order valence-corrected chi connectivity index (χ1v) is 14.7. The van der Waals surface area contributed by atoms with E-state index in [1.165, 1.54) is 11.2 Å². The summed E-state index contributed by atoms with van der Waals surface area (Å²) in [7, 11) is 0. The average Bonchev–Trinajstić information content (AvgIpc) is 3.39. The quantitative estimate of drug-likeness (QED) is 0.180. The van der Waals surface area contributed by atoms with Gasteiger partial charge in [0.05, 0.1) is 39.8 Å². The molecule has 6 rings (SSSR count). The number of halogens is 2. The van der Waals surface area contributed by atoms with Gasteiger partial charge in [0.15, 0.2) is 0 Å². The molecule has 1 atom stereocenters. The standard InChI is InChI=1S/C33H34F2N10/c1-20-24(7-5-8-27(20)44-12-6-11-40-44)30(26-18-45(43-42-26)33(9-10-33)31(34)35)41-23-13-21(15-36)28-25(14-23)29(22(16-37)17-38-28)39-19-32(2,3)4/h5-8,11-14,17-18,30-31,41-43H,9-10,19H2,1-4H3,(H,38,39)/t30-/m0/s1. The van der Waals surface area contributed by atoms with Crippen molar-refractivity contribution in [3.8, 4) is 17.8 Å². The van der Waals surface area contributed by atoms with Crippen LogP contribution in [-0.2, 0) is 0 Å². The monoisotopic (exact) mass is 608 g/mol. The summed E-state index contributed by atoms with van der Waals surface area (Å²) in [5.41, 5.74) is 10.4. The molecule has 1 aliphatic carbocycles. The van der Waals surface area contributed by atoms with E-state index in [9.17, 15) is 19.3 Å². The van der Waals surface area contributed by atoms with Crippen LogP contribution in [0.15, 0.2) is 66.9 Å². The summed E-state index contributed by atoms with van der Waals surface area (Å²) in [4.78, 5) is 4.46. The number of hydrazine groups is 2. The molecule has 0 saturated heterocycles. The van der Waals surface area contributed by atoms with Crippen molar-refractivity contribution in [2.24, 2.45) is 5.41 Å². The van der Waals surface area contributed by atoms with Gasteiger partial charge in [0.25, 0.3) is 6.43 Å². The summed E-state index contributed by atoms with van der Waals surface area (Å²) in [6.07, 6.45) is 4.98. The fourth-order valence-electron chi connectivity index (χ4n) is 5.61. The molecule has 2 aliphatic rings. The molecule has 0 bridgehead atoms. The minimum absolute atomic E-state index is 0.0743. The van der Waals surface area contributed by atoms with Crippen LogP contribution in [0.25, 0.3) is 16.6 Å². The number of fused-ring (bicyclic) bond motifs is 1. The van der Waals surface area contributed by atoms with Crippen LogP contribution in [0.5, 0.6) is 0 Å². The van der Waals surface area contributed by atoms with E-state index in [0.717, 1.165) is 16.8 Å². The zero-order chi connectivity index (χ0) is 31.9. The van der Waals surface area contributed by atoms with Gasteiger partial charge in [0.1, 0.15) is 17.7 Å². The zero-order valence-corrected chi connectivity index (χ0v) is 25.5. The van der Waals surface area contributed by atoms with E-state index in [-0.39, 0.29) is 5.41 Å². The highest BCUT2D eigenvalue weighted by molar-refractivity contribution is 5.99. The number of alkyl halides is 2. The molecular formula is C33H34F2N10. The van der Waals surface area contributed by atoms with Crippen molar-refractivity contribution in [2.75, 3.05) is 17.2 Å². The molecule has 4 aromatic rings. The average molecular weight is 609 g/mol. The van der Waals surface area contributed by atoms with Gasteiger partial charge in [-0.3, -0.25) is 9.99 Å². The lowest BCUT2D eigenvalue weighted by atomic mass is 9.95. The summed E-state index contributed by atoms with van der Waals surface area (Å²) in [6.45, 7) is 8.85. The number of aromatic nitrogens is 3. The van der Waals surface area contributed by atoms with Crippen molar-refractivity contribution in [3.63, 3.8) is 0 Å². The van der Waals surface area contributed by atoms with E-state index in [0.29, 0.717) is 58.5 Å². The topological polar surface area (TPSA) is 130 Å². The van der Waals surface area contributed by atoms with Crippen LogP contribution in [0.3, 0.4) is 0 Å². The highest BCUT2D eigenvalue weighted by Crippen LogP contribution is 2.47. The molecule has 12 heteroatoms. The second-order valence-electron chi connectivity index (χ2n) is 12.7. The molecule has 10 nitrogen and oxygen atoms in total. The summed E-state index contributed by atoms with van der Waals surface area (Å²) in [6, 6.07) is 15.2. The Morgan fingerprint density at radius 2 is 1.89 bits per heavy atom. The molecule has 0 amide bonds. The first kappa shape index (κ1) is 29.9. The Bertz CT molecular complexity index is 1860.